The smallest absolute Gasteiger partial charge is 0.410 e. The molecule has 3 aliphatic rings. The summed E-state index contributed by atoms with van der Waals surface area (Å²) in [5.74, 6) is -0.703. The molecule has 12 heteroatoms. The first-order valence-electron chi connectivity index (χ1n) is 16.5. The third-order valence-electron chi connectivity index (χ3n) is 9.87. The summed E-state index contributed by atoms with van der Waals surface area (Å²) in [6.07, 6.45) is 4.49. The number of ether oxygens (including phenoxy) is 2. The van der Waals surface area contributed by atoms with Gasteiger partial charge in [0, 0.05) is 60.4 Å². The molecule has 9 nitrogen and oxygen atoms in total. The Hall–Kier alpha value is -2.73. The van der Waals surface area contributed by atoms with Crippen LogP contribution in [-0.4, -0.2) is 79.4 Å². The maximum atomic E-state index is 15.4. The fourth-order valence-corrected chi connectivity index (χ4v) is 9.32. The first-order chi connectivity index (χ1) is 22.2. The van der Waals surface area contributed by atoms with Gasteiger partial charge in [-0.25, -0.2) is 17.6 Å². The van der Waals surface area contributed by atoms with Gasteiger partial charge in [-0.1, -0.05) is 29.8 Å². The van der Waals surface area contributed by atoms with Gasteiger partial charge in [0.15, 0.2) is 0 Å². The lowest BCUT2D eigenvalue weighted by atomic mass is 9.66. The van der Waals surface area contributed by atoms with Crippen molar-refractivity contribution >= 4 is 39.3 Å². The third-order valence-corrected chi connectivity index (χ3v) is 12.1. The van der Waals surface area contributed by atoms with E-state index in [9.17, 15) is 18.0 Å². The van der Waals surface area contributed by atoms with Crippen LogP contribution in [0.25, 0.3) is 0 Å². The molecule has 1 unspecified atom stereocenters. The fraction of sp³-hybridized carbons (Fsp3) is 0.600. The maximum Gasteiger partial charge on any atom is 0.410 e. The molecule has 2 aromatic carbocycles. The molecule has 258 valence electrons. The Morgan fingerprint density at radius 1 is 1.06 bits per heavy atom. The van der Waals surface area contributed by atoms with Gasteiger partial charge in [0.2, 0.25) is 15.9 Å². The number of amides is 2. The van der Waals surface area contributed by atoms with Crippen molar-refractivity contribution in [3.63, 3.8) is 0 Å². The molecule has 3 fully saturated rings. The number of rotatable bonds is 8. The molecule has 3 atom stereocenters. The second-order valence-corrected chi connectivity index (χ2v) is 16.7. The quantitative estimate of drug-likeness (QED) is 0.331. The van der Waals surface area contributed by atoms with Crippen LogP contribution >= 0.6 is 11.6 Å². The number of sulfonamides is 1. The highest BCUT2D eigenvalue weighted by molar-refractivity contribution is 7.89. The van der Waals surface area contributed by atoms with Crippen LogP contribution in [0.15, 0.2) is 42.5 Å². The van der Waals surface area contributed by atoms with E-state index in [1.54, 1.807) is 44.9 Å². The summed E-state index contributed by atoms with van der Waals surface area (Å²) in [6, 6.07) is 11.4. The SMILES string of the molecule is COC1CCC(CC(=O)Nc2cccc(F)c2CC[C@H]2CN(C(=O)OC(C)(C)C)[C@@H]3CCCS(=O)(=O)N2C3)(c2ccc(Cl)cc2)CC1. The zero-order valence-corrected chi connectivity index (χ0v) is 29.3. The van der Waals surface area contributed by atoms with Gasteiger partial charge in [0.05, 0.1) is 11.9 Å². The summed E-state index contributed by atoms with van der Waals surface area (Å²) < 4.78 is 54.7. The number of hydrogen-bond donors (Lipinski definition) is 1. The molecule has 5 rings (SSSR count). The van der Waals surface area contributed by atoms with Gasteiger partial charge < -0.3 is 19.7 Å². The van der Waals surface area contributed by atoms with Crippen LogP contribution in [0.5, 0.6) is 0 Å². The van der Waals surface area contributed by atoms with E-state index in [0.29, 0.717) is 29.1 Å². The van der Waals surface area contributed by atoms with E-state index in [0.717, 1.165) is 31.2 Å². The predicted octanol–water partition coefficient (Wildman–Crippen LogP) is 6.68. The molecule has 2 heterocycles. The minimum Gasteiger partial charge on any atom is -0.444 e. The average molecular weight is 692 g/mol. The van der Waals surface area contributed by atoms with Gasteiger partial charge in [0.25, 0.3) is 0 Å². The zero-order chi connectivity index (χ0) is 34.0. The van der Waals surface area contributed by atoms with Crippen LogP contribution in [0, 0.1) is 5.82 Å². The van der Waals surface area contributed by atoms with Gasteiger partial charge in [-0.15, -0.1) is 0 Å². The Balaban J connectivity index is 1.34. The highest BCUT2D eigenvalue weighted by Gasteiger charge is 2.44. The second-order valence-electron chi connectivity index (χ2n) is 14.2. The number of benzene rings is 2. The fourth-order valence-electron chi connectivity index (χ4n) is 7.40. The van der Waals surface area contributed by atoms with Crippen LogP contribution in [-0.2, 0) is 36.1 Å². The molecule has 2 saturated heterocycles. The molecule has 2 amide bonds. The minimum atomic E-state index is -3.55. The summed E-state index contributed by atoms with van der Waals surface area (Å²) in [4.78, 5) is 28.5. The second kappa shape index (κ2) is 14.4. The number of anilines is 1. The number of hydrogen-bond acceptors (Lipinski definition) is 6. The lowest BCUT2D eigenvalue weighted by Crippen LogP contribution is -2.60. The van der Waals surface area contributed by atoms with Crippen molar-refractivity contribution in [2.45, 2.75) is 108 Å². The van der Waals surface area contributed by atoms with E-state index in [4.69, 9.17) is 21.1 Å². The highest BCUT2D eigenvalue weighted by atomic mass is 35.5. The Morgan fingerprint density at radius 3 is 2.43 bits per heavy atom. The van der Waals surface area contributed by atoms with Crippen molar-refractivity contribution in [2.75, 3.05) is 31.3 Å². The van der Waals surface area contributed by atoms with Crippen molar-refractivity contribution in [1.82, 2.24) is 9.21 Å². The molecular formula is C35H47ClFN3O6S. The molecule has 2 aromatic rings. The van der Waals surface area contributed by atoms with Crippen LogP contribution in [0.1, 0.15) is 83.3 Å². The van der Waals surface area contributed by atoms with E-state index in [2.05, 4.69) is 5.32 Å². The summed E-state index contributed by atoms with van der Waals surface area (Å²) in [7, 11) is -1.84. The number of nitrogens with one attached hydrogen (secondary N) is 1. The van der Waals surface area contributed by atoms with Crippen LogP contribution < -0.4 is 5.32 Å². The van der Waals surface area contributed by atoms with Crippen LogP contribution in [0.3, 0.4) is 0 Å². The molecule has 2 aliphatic heterocycles. The standard InChI is InChI=1S/C35H47ClFN3O6S/c1-34(2,3)46-33(42)39-22-27(40-23-26(39)7-6-20-47(40,43)44)14-15-29-30(37)8-5-9-31(29)38-32(41)21-35(18-16-28(45-4)17-19-35)24-10-12-25(36)13-11-24/h5,8-13,26-28H,6-7,14-23H2,1-4H3,(H,38,41)/t26-,27+,28?,35?/m1/s1. The van der Waals surface area contributed by atoms with E-state index in [1.807, 2.05) is 24.3 Å². The topological polar surface area (TPSA) is 105 Å². The van der Waals surface area contributed by atoms with Crippen LogP contribution in [0.2, 0.25) is 5.02 Å². The average Bonchev–Trinajstić information content (AvgIpc) is 3.13. The highest BCUT2D eigenvalue weighted by Crippen LogP contribution is 2.43. The van der Waals surface area contributed by atoms with Crippen molar-refractivity contribution < 1.29 is 31.9 Å². The van der Waals surface area contributed by atoms with E-state index >= 15 is 4.39 Å². The summed E-state index contributed by atoms with van der Waals surface area (Å²) >= 11 is 6.18. The number of carbonyl (C=O) groups excluding carboxylic acids is 2. The van der Waals surface area contributed by atoms with Gasteiger partial charge >= 0.3 is 6.09 Å². The largest absolute Gasteiger partial charge is 0.444 e. The molecule has 0 aromatic heterocycles. The number of nitrogens with zero attached hydrogens (tertiary/aromatic N) is 2. The van der Waals surface area contributed by atoms with Gasteiger partial charge in [-0.05, 0) is 102 Å². The summed E-state index contributed by atoms with van der Waals surface area (Å²) in [5, 5.41) is 3.61. The molecule has 0 spiro atoms. The van der Waals surface area contributed by atoms with Crippen molar-refractivity contribution in [3.05, 3.63) is 64.4 Å². The number of piperazine rings is 1. The Kier molecular flexibility index (Phi) is 10.9. The molecule has 47 heavy (non-hydrogen) atoms. The third kappa shape index (κ3) is 8.47. The molecule has 2 bridgehead atoms. The van der Waals surface area contributed by atoms with E-state index in [-0.39, 0.29) is 56.2 Å². The van der Waals surface area contributed by atoms with Gasteiger partial charge in [0.1, 0.15) is 11.4 Å². The monoisotopic (exact) mass is 691 g/mol. The number of fused-ring (bicyclic) bond motifs is 2. The van der Waals surface area contributed by atoms with Crippen molar-refractivity contribution in [2.24, 2.45) is 0 Å². The maximum absolute atomic E-state index is 15.4. The molecule has 0 radical (unpaired) electrons. The predicted molar refractivity (Wildman–Crippen MR) is 181 cm³/mol. The van der Waals surface area contributed by atoms with Crippen molar-refractivity contribution in [3.8, 4) is 0 Å². The van der Waals surface area contributed by atoms with Gasteiger partial charge in [-0.2, -0.15) is 4.31 Å². The normalized spacial score (nSPS) is 27.5. The summed E-state index contributed by atoms with van der Waals surface area (Å²) in [6.45, 7) is 5.73. The lowest BCUT2D eigenvalue weighted by Gasteiger charge is -2.44. The Morgan fingerprint density at radius 2 is 1.77 bits per heavy atom. The summed E-state index contributed by atoms with van der Waals surface area (Å²) in [5.41, 5.74) is 0.596. The van der Waals surface area contributed by atoms with E-state index in [1.165, 1.54) is 10.4 Å². The van der Waals surface area contributed by atoms with Crippen molar-refractivity contribution in [1.29, 1.82) is 0 Å². The number of methoxy groups -OCH3 is 1. The first-order valence-corrected chi connectivity index (χ1v) is 18.5. The molecule has 1 N–H and O–H groups in total. The minimum absolute atomic E-state index is 0.00363. The lowest BCUT2D eigenvalue weighted by molar-refractivity contribution is -0.118. The molecule has 1 saturated carbocycles. The number of halogens is 2. The Labute approximate surface area is 283 Å². The number of carbonyl (C=O) groups is 2. The Bertz CT molecular complexity index is 1540. The molecular weight excluding hydrogens is 645 g/mol. The first kappa shape index (κ1) is 35.6. The van der Waals surface area contributed by atoms with Gasteiger partial charge in [-0.3, -0.25) is 4.79 Å². The molecule has 1 aliphatic carbocycles. The zero-order valence-electron chi connectivity index (χ0n) is 27.8. The van der Waals surface area contributed by atoms with E-state index < -0.39 is 39.0 Å². The van der Waals surface area contributed by atoms with Crippen LogP contribution in [0.4, 0.5) is 14.9 Å².